The van der Waals surface area contributed by atoms with E-state index in [9.17, 15) is 4.79 Å². The van der Waals surface area contributed by atoms with E-state index in [1.807, 2.05) is 19.1 Å². The van der Waals surface area contributed by atoms with E-state index in [2.05, 4.69) is 28.2 Å². The van der Waals surface area contributed by atoms with Gasteiger partial charge in [-0.1, -0.05) is 50.3 Å². The van der Waals surface area contributed by atoms with Gasteiger partial charge in [0.1, 0.15) is 0 Å². The van der Waals surface area contributed by atoms with Crippen LogP contribution in [0.5, 0.6) is 0 Å². The maximum atomic E-state index is 12.1. The summed E-state index contributed by atoms with van der Waals surface area (Å²) in [6.45, 7) is 4.23. The molecule has 1 aromatic rings. The highest BCUT2D eigenvalue weighted by Gasteiger charge is 2.14. The molecular formula is C15H21BrClNO. The van der Waals surface area contributed by atoms with Gasteiger partial charge in [-0.3, -0.25) is 4.79 Å². The average Bonchev–Trinajstić information content (AvgIpc) is 2.38. The lowest BCUT2D eigenvalue weighted by molar-refractivity contribution is 0.0938. The van der Waals surface area contributed by atoms with E-state index < -0.39 is 0 Å². The monoisotopic (exact) mass is 345 g/mol. The van der Waals surface area contributed by atoms with Crippen molar-refractivity contribution in [1.82, 2.24) is 5.32 Å². The molecule has 1 rings (SSSR count). The summed E-state index contributed by atoms with van der Waals surface area (Å²) in [6, 6.07) is 5.57. The van der Waals surface area contributed by atoms with Gasteiger partial charge in [-0.15, -0.1) is 0 Å². The number of hydrogen-bond donors (Lipinski definition) is 1. The van der Waals surface area contributed by atoms with Crippen LogP contribution in [0.3, 0.4) is 0 Å². The van der Waals surface area contributed by atoms with Crippen LogP contribution in [0.15, 0.2) is 22.7 Å². The summed E-state index contributed by atoms with van der Waals surface area (Å²) in [7, 11) is 0. The standard InChI is InChI=1S/C15H21BrClNO/c1-3-4-5-6-8-11(2)18-15(19)12-9-7-10-13(16)14(12)17/h7,9-11H,3-6,8H2,1-2H3,(H,18,19). The zero-order valence-corrected chi connectivity index (χ0v) is 13.9. The molecule has 0 fully saturated rings. The fraction of sp³-hybridized carbons (Fsp3) is 0.533. The Morgan fingerprint density at radius 3 is 2.79 bits per heavy atom. The molecule has 1 aromatic carbocycles. The molecule has 1 unspecified atom stereocenters. The zero-order valence-electron chi connectivity index (χ0n) is 11.5. The van der Waals surface area contributed by atoms with E-state index in [1.165, 1.54) is 19.3 Å². The highest BCUT2D eigenvalue weighted by Crippen LogP contribution is 2.26. The number of benzene rings is 1. The molecule has 0 saturated heterocycles. The van der Waals surface area contributed by atoms with Crippen molar-refractivity contribution in [2.75, 3.05) is 0 Å². The molecule has 1 amide bonds. The first-order valence-electron chi connectivity index (χ1n) is 6.81. The lowest BCUT2D eigenvalue weighted by Crippen LogP contribution is -2.32. The fourth-order valence-corrected chi connectivity index (χ4v) is 2.51. The molecular weight excluding hydrogens is 326 g/mol. The maximum absolute atomic E-state index is 12.1. The predicted octanol–water partition coefficient (Wildman–Crippen LogP) is 5.19. The number of halogens is 2. The molecule has 0 heterocycles. The van der Waals surface area contributed by atoms with Crippen LogP contribution in [0.2, 0.25) is 5.02 Å². The van der Waals surface area contributed by atoms with Gasteiger partial charge in [-0.25, -0.2) is 0 Å². The van der Waals surface area contributed by atoms with E-state index in [4.69, 9.17) is 11.6 Å². The molecule has 0 radical (unpaired) electrons. The Balaban J connectivity index is 2.48. The summed E-state index contributed by atoms with van der Waals surface area (Å²) in [5.74, 6) is -0.103. The SMILES string of the molecule is CCCCCCC(C)NC(=O)c1cccc(Br)c1Cl. The van der Waals surface area contributed by atoms with Gasteiger partial charge < -0.3 is 5.32 Å². The summed E-state index contributed by atoms with van der Waals surface area (Å²) >= 11 is 9.44. The number of hydrogen-bond acceptors (Lipinski definition) is 1. The molecule has 1 atom stereocenters. The molecule has 2 nitrogen and oxygen atoms in total. The molecule has 19 heavy (non-hydrogen) atoms. The Kier molecular flexibility index (Phi) is 7.47. The molecule has 0 aliphatic heterocycles. The van der Waals surface area contributed by atoms with Gasteiger partial charge in [-0.05, 0) is 41.4 Å². The highest BCUT2D eigenvalue weighted by atomic mass is 79.9. The summed E-state index contributed by atoms with van der Waals surface area (Å²) in [6.07, 6.45) is 5.89. The Morgan fingerprint density at radius 1 is 1.37 bits per heavy atom. The van der Waals surface area contributed by atoms with Crippen LogP contribution in [-0.4, -0.2) is 11.9 Å². The zero-order chi connectivity index (χ0) is 14.3. The van der Waals surface area contributed by atoms with Crippen molar-refractivity contribution in [3.05, 3.63) is 33.3 Å². The second-order valence-corrected chi connectivity index (χ2v) is 6.06. The molecule has 0 spiro atoms. The minimum atomic E-state index is -0.103. The van der Waals surface area contributed by atoms with Crippen LogP contribution >= 0.6 is 27.5 Å². The lowest BCUT2D eigenvalue weighted by Gasteiger charge is -2.14. The third-order valence-corrected chi connectivity index (χ3v) is 4.36. The summed E-state index contributed by atoms with van der Waals surface area (Å²) in [4.78, 5) is 12.1. The highest BCUT2D eigenvalue weighted by molar-refractivity contribution is 9.10. The number of amides is 1. The van der Waals surface area contributed by atoms with Crippen LogP contribution in [0.25, 0.3) is 0 Å². The number of carbonyl (C=O) groups excluding carboxylic acids is 1. The van der Waals surface area contributed by atoms with Crippen molar-refractivity contribution in [3.8, 4) is 0 Å². The van der Waals surface area contributed by atoms with Crippen molar-refractivity contribution in [2.24, 2.45) is 0 Å². The number of unbranched alkanes of at least 4 members (excludes halogenated alkanes) is 3. The molecule has 1 N–H and O–H groups in total. The Morgan fingerprint density at radius 2 is 2.11 bits per heavy atom. The minimum Gasteiger partial charge on any atom is -0.350 e. The Labute approximate surface area is 129 Å². The quantitative estimate of drug-likeness (QED) is 0.676. The molecule has 0 saturated carbocycles. The normalized spacial score (nSPS) is 12.2. The van der Waals surface area contributed by atoms with Crippen LogP contribution in [0.1, 0.15) is 56.3 Å². The minimum absolute atomic E-state index is 0.103. The van der Waals surface area contributed by atoms with E-state index in [0.29, 0.717) is 10.6 Å². The van der Waals surface area contributed by atoms with Crippen LogP contribution in [-0.2, 0) is 0 Å². The number of rotatable bonds is 7. The first kappa shape index (κ1) is 16.5. The largest absolute Gasteiger partial charge is 0.350 e. The topological polar surface area (TPSA) is 29.1 Å². The maximum Gasteiger partial charge on any atom is 0.253 e. The average molecular weight is 347 g/mol. The van der Waals surface area contributed by atoms with Crippen molar-refractivity contribution in [3.63, 3.8) is 0 Å². The van der Waals surface area contributed by atoms with Gasteiger partial charge in [0.15, 0.2) is 0 Å². The van der Waals surface area contributed by atoms with E-state index in [-0.39, 0.29) is 11.9 Å². The Bertz CT molecular complexity index is 423. The van der Waals surface area contributed by atoms with Gasteiger partial charge in [0.2, 0.25) is 0 Å². The smallest absolute Gasteiger partial charge is 0.253 e. The first-order chi connectivity index (χ1) is 9.06. The van der Waals surface area contributed by atoms with Crippen molar-refractivity contribution in [1.29, 1.82) is 0 Å². The van der Waals surface area contributed by atoms with E-state index in [1.54, 1.807) is 6.07 Å². The predicted molar refractivity (Wildman–Crippen MR) is 84.8 cm³/mol. The van der Waals surface area contributed by atoms with Gasteiger partial charge in [-0.2, -0.15) is 0 Å². The lowest BCUT2D eigenvalue weighted by atomic mass is 10.1. The number of carbonyl (C=O) groups is 1. The van der Waals surface area contributed by atoms with Crippen molar-refractivity contribution >= 4 is 33.4 Å². The van der Waals surface area contributed by atoms with Gasteiger partial charge in [0.05, 0.1) is 10.6 Å². The Hall–Kier alpha value is -0.540. The molecule has 0 bridgehead atoms. The summed E-state index contributed by atoms with van der Waals surface area (Å²) < 4.78 is 0.748. The molecule has 0 aromatic heterocycles. The second-order valence-electron chi connectivity index (χ2n) is 4.83. The number of nitrogens with one attached hydrogen (secondary N) is 1. The van der Waals surface area contributed by atoms with Crippen LogP contribution in [0, 0.1) is 0 Å². The van der Waals surface area contributed by atoms with Gasteiger partial charge in [0, 0.05) is 10.5 Å². The second kappa shape index (κ2) is 8.60. The summed E-state index contributed by atoms with van der Waals surface area (Å²) in [5, 5.41) is 3.47. The van der Waals surface area contributed by atoms with Crippen molar-refractivity contribution < 1.29 is 4.79 Å². The molecule has 4 heteroatoms. The van der Waals surface area contributed by atoms with Crippen LogP contribution in [0.4, 0.5) is 0 Å². The fourth-order valence-electron chi connectivity index (χ4n) is 1.93. The molecule has 0 aliphatic rings. The summed E-state index contributed by atoms with van der Waals surface area (Å²) in [5.41, 5.74) is 0.524. The van der Waals surface area contributed by atoms with Gasteiger partial charge in [0.25, 0.3) is 5.91 Å². The molecule has 106 valence electrons. The third kappa shape index (κ3) is 5.53. The van der Waals surface area contributed by atoms with E-state index >= 15 is 0 Å². The van der Waals surface area contributed by atoms with Crippen molar-refractivity contribution in [2.45, 2.75) is 52.0 Å². The molecule has 0 aliphatic carbocycles. The van der Waals surface area contributed by atoms with E-state index in [0.717, 1.165) is 17.3 Å². The van der Waals surface area contributed by atoms with Gasteiger partial charge >= 0.3 is 0 Å². The first-order valence-corrected chi connectivity index (χ1v) is 7.98. The third-order valence-electron chi connectivity index (χ3n) is 3.06. The van der Waals surface area contributed by atoms with Crippen LogP contribution < -0.4 is 5.32 Å².